The Morgan fingerprint density at radius 1 is 1.23 bits per heavy atom. The van der Waals surface area contributed by atoms with E-state index in [1.54, 1.807) is 24.3 Å². The van der Waals surface area contributed by atoms with E-state index < -0.39 is 29.1 Å². The number of nitrogens with zero attached hydrogens (tertiary/aromatic N) is 2. The average molecular weight is 420 g/mol. The predicted octanol–water partition coefficient (Wildman–Crippen LogP) is 2.94. The number of ether oxygens (including phenoxy) is 2. The Morgan fingerprint density at radius 3 is 2.58 bits per heavy atom. The maximum absolute atomic E-state index is 13.2. The predicted molar refractivity (Wildman–Crippen MR) is 108 cm³/mol. The van der Waals surface area contributed by atoms with Crippen molar-refractivity contribution in [2.24, 2.45) is 0 Å². The molecular weight excluding hydrogens is 403 g/mol. The molecule has 2 aromatic carbocycles. The van der Waals surface area contributed by atoms with Gasteiger partial charge < -0.3 is 14.6 Å². The number of aromatic nitrogens is 1. The first kappa shape index (κ1) is 20.2. The molecule has 0 spiro atoms. The summed E-state index contributed by atoms with van der Waals surface area (Å²) in [7, 11) is 0. The molecule has 1 aliphatic rings. The maximum atomic E-state index is 13.2. The summed E-state index contributed by atoms with van der Waals surface area (Å²) >= 11 is 0. The molecular formula is C23H17FN2O5. The summed E-state index contributed by atoms with van der Waals surface area (Å²) in [4.78, 5) is 26.0. The van der Waals surface area contributed by atoms with Crippen LogP contribution >= 0.6 is 0 Å². The highest BCUT2D eigenvalue weighted by atomic mass is 19.1. The van der Waals surface area contributed by atoms with Crippen molar-refractivity contribution in [3.05, 3.63) is 87.0 Å². The van der Waals surface area contributed by atoms with Crippen molar-refractivity contribution in [3.63, 3.8) is 0 Å². The first-order valence-corrected chi connectivity index (χ1v) is 9.44. The standard InChI is InChI=1S/C23H17FN2O5/c1-13-16(10-25)22(28)26(11-14-6-8-15(24)9-7-14)23(29)20(13)21(27)19-12-30-17-4-2-3-5-18(17)31-19/h2-9,19,29H,11-12H2,1H3. The number of para-hydroxylation sites is 2. The zero-order valence-corrected chi connectivity index (χ0v) is 16.5. The number of benzene rings is 2. The van der Waals surface area contributed by atoms with E-state index in [0.29, 0.717) is 17.1 Å². The van der Waals surface area contributed by atoms with Crippen LogP contribution in [-0.4, -0.2) is 28.2 Å². The summed E-state index contributed by atoms with van der Waals surface area (Å²) < 4.78 is 25.4. The van der Waals surface area contributed by atoms with Crippen LogP contribution in [0.4, 0.5) is 4.39 Å². The fourth-order valence-corrected chi connectivity index (χ4v) is 3.47. The summed E-state index contributed by atoms with van der Waals surface area (Å²) in [6.07, 6.45) is -1.07. The minimum Gasteiger partial charge on any atom is -0.494 e. The molecule has 0 saturated heterocycles. The third kappa shape index (κ3) is 3.62. The smallest absolute Gasteiger partial charge is 0.271 e. The summed E-state index contributed by atoms with van der Waals surface area (Å²) in [6.45, 7) is 1.19. The first-order chi connectivity index (χ1) is 14.9. The molecule has 2 heterocycles. The van der Waals surface area contributed by atoms with Crippen molar-refractivity contribution >= 4 is 5.78 Å². The third-order valence-electron chi connectivity index (χ3n) is 5.10. The van der Waals surface area contributed by atoms with Crippen molar-refractivity contribution in [2.45, 2.75) is 19.6 Å². The fourth-order valence-electron chi connectivity index (χ4n) is 3.47. The van der Waals surface area contributed by atoms with Gasteiger partial charge in [0.1, 0.15) is 24.1 Å². The summed E-state index contributed by atoms with van der Waals surface area (Å²) in [6, 6.07) is 14.0. The Morgan fingerprint density at radius 2 is 1.90 bits per heavy atom. The Kier molecular flexibility index (Phi) is 5.17. The lowest BCUT2D eigenvalue weighted by Gasteiger charge is -2.26. The van der Waals surface area contributed by atoms with Crippen LogP contribution < -0.4 is 15.0 Å². The minimum absolute atomic E-state index is 0.0628. The second kappa shape index (κ2) is 7.95. The van der Waals surface area contributed by atoms with Crippen molar-refractivity contribution in [3.8, 4) is 23.4 Å². The molecule has 31 heavy (non-hydrogen) atoms. The number of aromatic hydroxyl groups is 1. The molecule has 0 aliphatic carbocycles. The number of nitriles is 1. The lowest BCUT2D eigenvalue weighted by atomic mass is 9.98. The summed E-state index contributed by atoms with van der Waals surface area (Å²) in [5.41, 5.74) is -0.625. The van der Waals surface area contributed by atoms with Crippen molar-refractivity contribution in [2.75, 3.05) is 6.61 Å². The van der Waals surface area contributed by atoms with Gasteiger partial charge in [-0.1, -0.05) is 24.3 Å². The quantitative estimate of drug-likeness (QED) is 0.652. The Balaban J connectivity index is 1.77. The van der Waals surface area contributed by atoms with Gasteiger partial charge >= 0.3 is 0 Å². The molecule has 1 aliphatic heterocycles. The third-order valence-corrected chi connectivity index (χ3v) is 5.10. The Labute approximate surface area is 176 Å². The van der Waals surface area contributed by atoms with E-state index in [-0.39, 0.29) is 29.8 Å². The molecule has 0 fully saturated rings. The molecule has 156 valence electrons. The van der Waals surface area contributed by atoms with Gasteiger partial charge in [0, 0.05) is 0 Å². The van der Waals surface area contributed by atoms with Gasteiger partial charge in [-0.15, -0.1) is 0 Å². The van der Waals surface area contributed by atoms with Crippen molar-refractivity contribution in [1.29, 1.82) is 5.26 Å². The highest BCUT2D eigenvalue weighted by Gasteiger charge is 2.33. The highest BCUT2D eigenvalue weighted by Crippen LogP contribution is 2.33. The van der Waals surface area contributed by atoms with Gasteiger partial charge in [-0.25, -0.2) is 4.39 Å². The van der Waals surface area contributed by atoms with Gasteiger partial charge in [-0.2, -0.15) is 5.26 Å². The first-order valence-electron chi connectivity index (χ1n) is 9.44. The summed E-state index contributed by atoms with van der Waals surface area (Å²) in [5.74, 6) is -0.782. The lowest BCUT2D eigenvalue weighted by molar-refractivity contribution is 0.0581. The number of carbonyl (C=O) groups excluding carboxylic acids is 1. The zero-order valence-electron chi connectivity index (χ0n) is 16.5. The Hall–Kier alpha value is -4.12. The average Bonchev–Trinajstić information content (AvgIpc) is 2.78. The normalized spacial score (nSPS) is 14.7. The maximum Gasteiger partial charge on any atom is 0.271 e. The molecule has 1 N–H and O–H groups in total. The van der Waals surface area contributed by atoms with E-state index >= 15 is 0 Å². The van der Waals surface area contributed by atoms with Crippen LogP contribution in [0.3, 0.4) is 0 Å². The molecule has 0 bridgehead atoms. The van der Waals surface area contributed by atoms with E-state index in [2.05, 4.69) is 0 Å². The highest BCUT2D eigenvalue weighted by molar-refractivity contribution is 6.03. The lowest BCUT2D eigenvalue weighted by Crippen LogP contribution is -2.38. The van der Waals surface area contributed by atoms with Crippen LogP contribution in [0.2, 0.25) is 0 Å². The number of rotatable bonds is 4. The van der Waals surface area contributed by atoms with Crippen molar-refractivity contribution in [1.82, 2.24) is 4.57 Å². The zero-order chi connectivity index (χ0) is 22.1. The second-order valence-corrected chi connectivity index (χ2v) is 7.06. The van der Waals surface area contributed by atoms with Crippen LogP contribution in [0.15, 0.2) is 53.3 Å². The van der Waals surface area contributed by atoms with Gasteiger partial charge in [-0.3, -0.25) is 14.2 Å². The van der Waals surface area contributed by atoms with E-state index in [9.17, 15) is 24.3 Å². The van der Waals surface area contributed by atoms with E-state index in [1.165, 1.54) is 31.2 Å². The Bertz CT molecular complexity index is 1270. The number of pyridine rings is 1. The van der Waals surface area contributed by atoms with Crippen LogP contribution in [0.1, 0.15) is 27.0 Å². The number of Topliss-reactive ketones (excluding diaryl/α,β-unsaturated/α-hetero) is 1. The molecule has 3 aromatic rings. The number of fused-ring (bicyclic) bond motifs is 1. The van der Waals surface area contributed by atoms with E-state index in [1.807, 2.05) is 6.07 Å². The number of hydrogen-bond donors (Lipinski definition) is 1. The topological polar surface area (TPSA) is 102 Å². The second-order valence-electron chi connectivity index (χ2n) is 7.06. The van der Waals surface area contributed by atoms with Crippen LogP contribution in [0.5, 0.6) is 17.4 Å². The van der Waals surface area contributed by atoms with Crippen LogP contribution in [0.25, 0.3) is 0 Å². The molecule has 0 amide bonds. The summed E-state index contributed by atoms with van der Waals surface area (Å²) in [5, 5.41) is 20.3. The number of carbonyl (C=O) groups is 1. The number of hydrogen-bond acceptors (Lipinski definition) is 6. The van der Waals surface area contributed by atoms with Crippen molar-refractivity contribution < 1.29 is 23.8 Å². The fraction of sp³-hybridized carbons (Fsp3) is 0.174. The number of ketones is 1. The van der Waals surface area contributed by atoms with Gasteiger partial charge in [0.2, 0.25) is 11.7 Å². The van der Waals surface area contributed by atoms with Gasteiger partial charge in [-0.05, 0) is 42.3 Å². The molecule has 8 heteroatoms. The van der Waals surface area contributed by atoms with Gasteiger partial charge in [0.05, 0.1) is 12.1 Å². The molecule has 4 rings (SSSR count). The molecule has 1 unspecified atom stereocenters. The number of halogens is 1. The largest absolute Gasteiger partial charge is 0.494 e. The SMILES string of the molecule is Cc1c(C(=O)C2COc3ccccc3O2)c(O)n(Cc2ccc(F)cc2)c(=O)c1C#N. The molecule has 7 nitrogen and oxygen atoms in total. The van der Waals surface area contributed by atoms with Gasteiger partial charge in [0.25, 0.3) is 5.56 Å². The molecule has 1 aromatic heterocycles. The van der Waals surface area contributed by atoms with E-state index in [4.69, 9.17) is 9.47 Å². The molecule has 1 atom stereocenters. The van der Waals surface area contributed by atoms with Crippen LogP contribution in [0, 0.1) is 24.1 Å². The molecule has 0 saturated carbocycles. The minimum atomic E-state index is -1.07. The van der Waals surface area contributed by atoms with Crippen LogP contribution in [-0.2, 0) is 6.54 Å². The monoisotopic (exact) mass is 420 g/mol. The molecule has 0 radical (unpaired) electrons. The van der Waals surface area contributed by atoms with Gasteiger partial charge in [0.15, 0.2) is 17.6 Å². The van der Waals surface area contributed by atoms with E-state index in [0.717, 1.165) is 4.57 Å².